The van der Waals surface area contributed by atoms with E-state index >= 15 is 0 Å². The van der Waals surface area contributed by atoms with Crippen LogP contribution in [0, 0.1) is 29.5 Å². The van der Waals surface area contributed by atoms with E-state index in [-0.39, 0.29) is 5.82 Å². The zero-order valence-corrected chi connectivity index (χ0v) is 10.4. The fourth-order valence-electron chi connectivity index (χ4n) is 2.43. The summed E-state index contributed by atoms with van der Waals surface area (Å²) in [5.74, 6) is 7.75. The zero-order chi connectivity index (χ0) is 12.1. The van der Waals surface area contributed by atoms with Crippen molar-refractivity contribution in [2.75, 3.05) is 0 Å². The van der Waals surface area contributed by atoms with Crippen molar-refractivity contribution < 1.29 is 4.39 Å². The van der Waals surface area contributed by atoms with E-state index in [4.69, 9.17) is 0 Å². The van der Waals surface area contributed by atoms with Gasteiger partial charge in [-0.05, 0) is 55.9 Å². The summed E-state index contributed by atoms with van der Waals surface area (Å²) in [7, 11) is 0. The van der Waals surface area contributed by atoms with Gasteiger partial charge in [0.25, 0.3) is 0 Å². The van der Waals surface area contributed by atoms with Gasteiger partial charge in [-0.15, -0.1) is 0 Å². The second kappa shape index (κ2) is 5.87. The largest absolute Gasteiger partial charge is 0.207 e. The molecule has 17 heavy (non-hydrogen) atoms. The summed E-state index contributed by atoms with van der Waals surface area (Å²) in [4.78, 5) is 0. The monoisotopic (exact) mass is 230 g/mol. The minimum Gasteiger partial charge on any atom is -0.207 e. The number of halogens is 1. The molecule has 1 aliphatic rings. The van der Waals surface area contributed by atoms with Crippen LogP contribution in [0.25, 0.3) is 0 Å². The highest BCUT2D eigenvalue weighted by Gasteiger charge is 2.17. The van der Waals surface area contributed by atoms with Crippen molar-refractivity contribution in [3.05, 3.63) is 35.6 Å². The highest BCUT2D eigenvalue weighted by molar-refractivity contribution is 5.34. The molecule has 1 saturated carbocycles. The van der Waals surface area contributed by atoms with Crippen LogP contribution in [0.3, 0.4) is 0 Å². The van der Waals surface area contributed by atoms with Crippen molar-refractivity contribution in [1.29, 1.82) is 0 Å². The molecule has 0 aromatic heterocycles. The first-order valence-corrected chi connectivity index (χ1v) is 6.55. The van der Waals surface area contributed by atoms with E-state index in [0.29, 0.717) is 5.92 Å². The third-order valence-electron chi connectivity index (χ3n) is 3.69. The van der Waals surface area contributed by atoms with Gasteiger partial charge in [0.1, 0.15) is 5.82 Å². The lowest BCUT2D eigenvalue weighted by Gasteiger charge is -2.24. The number of benzene rings is 1. The summed E-state index contributed by atoms with van der Waals surface area (Å²) >= 11 is 0. The van der Waals surface area contributed by atoms with Crippen LogP contribution in [0.4, 0.5) is 4.39 Å². The Kier molecular flexibility index (Phi) is 4.20. The molecule has 90 valence electrons. The summed E-state index contributed by atoms with van der Waals surface area (Å²) in [6.07, 6.45) is 6.40. The van der Waals surface area contributed by atoms with Crippen molar-refractivity contribution in [3.8, 4) is 11.8 Å². The van der Waals surface area contributed by atoms with Crippen LogP contribution in [-0.4, -0.2) is 0 Å². The lowest BCUT2D eigenvalue weighted by Crippen LogP contribution is -2.12. The van der Waals surface area contributed by atoms with E-state index in [0.717, 1.165) is 11.5 Å². The Hall–Kier alpha value is -1.29. The number of rotatable bonds is 1. The highest BCUT2D eigenvalue weighted by Crippen LogP contribution is 2.30. The quantitative estimate of drug-likeness (QED) is 0.627. The molecule has 1 fully saturated rings. The highest BCUT2D eigenvalue weighted by atomic mass is 19.1. The van der Waals surface area contributed by atoms with Crippen molar-refractivity contribution in [1.82, 2.24) is 0 Å². The molecule has 0 nitrogen and oxygen atoms in total. The van der Waals surface area contributed by atoms with Crippen LogP contribution < -0.4 is 0 Å². The molecule has 0 saturated heterocycles. The number of hydrogen-bond donors (Lipinski definition) is 0. The Morgan fingerprint density at radius 1 is 1.12 bits per heavy atom. The molecule has 0 N–H and O–H groups in total. The molecule has 0 unspecified atom stereocenters. The van der Waals surface area contributed by atoms with E-state index in [9.17, 15) is 4.39 Å². The van der Waals surface area contributed by atoms with E-state index in [1.807, 2.05) is 0 Å². The summed E-state index contributed by atoms with van der Waals surface area (Å²) in [5.41, 5.74) is 0.920. The Labute approximate surface area is 103 Å². The fraction of sp³-hybridized carbons (Fsp3) is 0.500. The maximum atomic E-state index is 12.7. The van der Waals surface area contributed by atoms with Crippen LogP contribution in [0.5, 0.6) is 0 Å². The van der Waals surface area contributed by atoms with Crippen molar-refractivity contribution in [3.63, 3.8) is 0 Å². The van der Waals surface area contributed by atoms with Gasteiger partial charge >= 0.3 is 0 Å². The maximum absolute atomic E-state index is 12.7. The number of hydrogen-bond acceptors (Lipinski definition) is 0. The third-order valence-corrected chi connectivity index (χ3v) is 3.69. The molecule has 0 atom stereocenters. The second-order valence-corrected chi connectivity index (χ2v) is 4.90. The smallest absolute Gasteiger partial charge is 0.123 e. The third kappa shape index (κ3) is 3.60. The first-order chi connectivity index (χ1) is 8.28. The Balaban J connectivity index is 1.92. The Morgan fingerprint density at radius 2 is 1.76 bits per heavy atom. The summed E-state index contributed by atoms with van der Waals surface area (Å²) in [6, 6.07) is 6.44. The summed E-state index contributed by atoms with van der Waals surface area (Å²) in [5, 5.41) is 0. The molecular weight excluding hydrogens is 211 g/mol. The molecule has 0 amide bonds. The van der Waals surface area contributed by atoms with Gasteiger partial charge in [0.2, 0.25) is 0 Å². The van der Waals surface area contributed by atoms with E-state index in [2.05, 4.69) is 18.8 Å². The minimum atomic E-state index is -0.195. The molecule has 1 aliphatic carbocycles. The van der Waals surface area contributed by atoms with Gasteiger partial charge in [-0.2, -0.15) is 0 Å². The summed E-state index contributed by atoms with van der Waals surface area (Å²) in [6.45, 7) is 2.27. The Morgan fingerprint density at radius 3 is 2.35 bits per heavy atom. The van der Waals surface area contributed by atoms with Crippen molar-refractivity contribution >= 4 is 0 Å². The first-order valence-electron chi connectivity index (χ1n) is 6.55. The van der Waals surface area contributed by atoms with Crippen molar-refractivity contribution in [2.24, 2.45) is 11.8 Å². The molecule has 0 heterocycles. The lowest BCUT2D eigenvalue weighted by atomic mass is 9.81. The molecule has 0 aliphatic heterocycles. The van der Waals surface area contributed by atoms with Gasteiger partial charge in [-0.25, -0.2) is 4.39 Å². The van der Waals surface area contributed by atoms with Crippen LogP contribution in [-0.2, 0) is 0 Å². The van der Waals surface area contributed by atoms with Gasteiger partial charge in [-0.3, -0.25) is 0 Å². The Bertz CT molecular complexity index is 399. The fourth-order valence-corrected chi connectivity index (χ4v) is 2.43. The van der Waals surface area contributed by atoms with Crippen LogP contribution in [0.2, 0.25) is 0 Å². The maximum Gasteiger partial charge on any atom is 0.123 e. The molecule has 0 spiro atoms. The van der Waals surface area contributed by atoms with Crippen molar-refractivity contribution in [2.45, 2.75) is 39.0 Å². The topological polar surface area (TPSA) is 0 Å². The molecule has 1 aromatic rings. The summed E-state index contributed by atoms with van der Waals surface area (Å²) < 4.78 is 12.7. The average Bonchev–Trinajstić information content (AvgIpc) is 2.39. The van der Waals surface area contributed by atoms with Gasteiger partial charge in [0.05, 0.1) is 0 Å². The molecule has 1 aromatic carbocycles. The minimum absolute atomic E-state index is 0.195. The van der Waals surface area contributed by atoms with Gasteiger partial charge in [0.15, 0.2) is 0 Å². The standard InChI is InChI=1S/C16H19F/c1-2-13-3-5-14(6-4-13)7-8-15-9-11-16(17)12-10-15/h9-14H,2-6H2,1H3/t13-,14-. The second-order valence-electron chi connectivity index (χ2n) is 4.90. The molecule has 0 radical (unpaired) electrons. The average molecular weight is 230 g/mol. The lowest BCUT2D eigenvalue weighted by molar-refractivity contribution is 0.309. The molecule has 0 bridgehead atoms. The predicted octanol–water partition coefficient (Wildman–Crippen LogP) is 4.39. The molecular formula is C16H19F. The van der Waals surface area contributed by atoms with Gasteiger partial charge in [-0.1, -0.05) is 25.2 Å². The predicted molar refractivity (Wildman–Crippen MR) is 69.0 cm³/mol. The molecule has 1 heteroatoms. The molecule has 2 rings (SSSR count). The first kappa shape index (κ1) is 12.2. The van der Waals surface area contributed by atoms with Crippen LogP contribution >= 0.6 is 0 Å². The van der Waals surface area contributed by atoms with E-state index < -0.39 is 0 Å². The van der Waals surface area contributed by atoms with Crippen LogP contribution in [0.1, 0.15) is 44.6 Å². The van der Waals surface area contributed by atoms with Gasteiger partial charge in [0, 0.05) is 11.5 Å². The normalized spacial score (nSPS) is 23.9. The SMILES string of the molecule is CC[C@H]1CC[C@H](C#Cc2ccc(F)cc2)CC1. The van der Waals surface area contributed by atoms with Gasteiger partial charge < -0.3 is 0 Å². The zero-order valence-electron chi connectivity index (χ0n) is 10.4. The van der Waals surface area contributed by atoms with Crippen LogP contribution in [0.15, 0.2) is 24.3 Å². The van der Waals surface area contributed by atoms with E-state index in [1.54, 1.807) is 12.1 Å². The van der Waals surface area contributed by atoms with E-state index in [1.165, 1.54) is 44.2 Å².